The zero-order chi connectivity index (χ0) is 36.7. The number of hydrogen-bond acceptors (Lipinski definition) is 6. The van der Waals surface area contributed by atoms with E-state index >= 15 is 0 Å². The van der Waals surface area contributed by atoms with Gasteiger partial charge in [-0.2, -0.15) is 0 Å². The van der Waals surface area contributed by atoms with E-state index in [-0.39, 0.29) is 70.9 Å². The fraction of sp³-hybridized carbons (Fsp3) is 0.111. The second kappa shape index (κ2) is 16.1. The SMILES string of the molecule is O=C([O-])CN1C(=O)C(c2ccccc2)(c2ccccc2)c2cc(Cc3ccc4c(c3)C(c3ccccc3)(c3ccccc3)C(=O)N4CC(=O)[O-])ccc21.[Na+].[Na+]. The Kier molecular flexibility index (Phi) is 11.7. The van der Waals surface area contributed by atoms with Crippen LogP contribution < -0.4 is 79.1 Å². The van der Waals surface area contributed by atoms with Crippen LogP contribution in [-0.2, 0) is 36.4 Å². The van der Waals surface area contributed by atoms with Crippen LogP contribution in [0.25, 0.3) is 0 Å². The topological polar surface area (TPSA) is 121 Å². The van der Waals surface area contributed by atoms with Gasteiger partial charge in [-0.05, 0) is 51.9 Å². The number of hydrogen-bond donors (Lipinski definition) is 0. The van der Waals surface area contributed by atoms with E-state index in [0.29, 0.717) is 51.2 Å². The van der Waals surface area contributed by atoms with Gasteiger partial charge >= 0.3 is 59.1 Å². The molecule has 0 radical (unpaired) electrons. The summed E-state index contributed by atoms with van der Waals surface area (Å²) in [7, 11) is 0. The fourth-order valence-corrected chi connectivity index (χ4v) is 8.32. The minimum Gasteiger partial charge on any atom is -0.548 e. The molecule has 2 aliphatic rings. The Morgan fingerprint density at radius 1 is 0.455 bits per heavy atom. The smallest absolute Gasteiger partial charge is 0.548 e. The van der Waals surface area contributed by atoms with Crippen molar-refractivity contribution in [1.82, 2.24) is 0 Å². The summed E-state index contributed by atoms with van der Waals surface area (Å²) in [4.78, 5) is 55.9. The summed E-state index contributed by atoms with van der Waals surface area (Å²) in [6.45, 7) is -1.20. The maximum atomic E-state index is 14.6. The van der Waals surface area contributed by atoms with Crippen molar-refractivity contribution in [3.8, 4) is 0 Å². The number of carboxylic acids is 2. The van der Waals surface area contributed by atoms with Gasteiger partial charge in [0.05, 0.1) is 25.0 Å². The molecule has 2 amide bonds. The molecule has 0 saturated heterocycles. The number of amides is 2. The summed E-state index contributed by atoms with van der Waals surface area (Å²) in [5.74, 6) is -3.51. The molecule has 0 fully saturated rings. The van der Waals surface area contributed by atoms with Gasteiger partial charge in [0.2, 0.25) is 11.8 Å². The molecule has 260 valence electrons. The van der Waals surface area contributed by atoms with Crippen molar-refractivity contribution in [3.05, 3.63) is 202 Å². The molecule has 55 heavy (non-hydrogen) atoms. The molecule has 0 spiro atoms. The van der Waals surface area contributed by atoms with Crippen molar-refractivity contribution in [2.75, 3.05) is 22.9 Å². The van der Waals surface area contributed by atoms with Crippen LogP contribution in [-0.4, -0.2) is 36.8 Å². The van der Waals surface area contributed by atoms with Gasteiger partial charge < -0.3 is 29.6 Å². The van der Waals surface area contributed by atoms with E-state index < -0.39 is 35.9 Å². The summed E-state index contributed by atoms with van der Waals surface area (Å²) in [6.07, 6.45) is 0.392. The van der Waals surface area contributed by atoms with Crippen molar-refractivity contribution >= 4 is 35.1 Å². The summed E-state index contributed by atoms with van der Waals surface area (Å²) in [6, 6.07) is 48.7. The second-order valence-electron chi connectivity index (χ2n) is 13.4. The minimum atomic E-state index is -1.37. The first-order chi connectivity index (χ1) is 25.8. The summed E-state index contributed by atoms with van der Waals surface area (Å²) in [5, 5.41) is 24.0. The van der Waals surface area contributed by atoms with E-state index in [2.05, 4.69) is 0 Å². The summed E-state index contributed by atoms with van der Waals surface area (Å²) in [5.41, 5.74) is 4.14. The number of carboxylic acid groups (broad SMARTS) is 2. The second-order valence-corrected chi connectivity index (χ2v) is 13.4. The Labute approximate surface area is 363 Å². The molecule has 2 heterocycles. The molecule has 2 aliphatic heterocycles. The fourth-order valence-electron chi connectivity index (χ4n) is 8.32. The van der Waals surface area contributed by atoms with Crippen molar-refractivity contribution in [3.63, 3.8) is 0 Å². The van der Waals surface area contributed by atoms with Gasteiger partial charge in [0.15, 0.2) is 0 Å². The van der Waals surface area contributed by atoms with Crippen molar-refractivity contribution in [2.24, 2.45) is 0 Å². The van der Waals surface area contributed by atoms with Gasteiger partial charge in [0.1, 0.15) is 10.8 Å². The number of fused-ring (bicyclic) bond motifs is 2. The molecule has 0 aromatic heterocycles. The number of rotatable bonds is 10. The van der Waals surface area contributed by atoms with Crippen LogP contribution >= 0.6 is 0 Å². The maximum absolute atomic E-state index is 14.6. The molecular formula is C45H32N2Na2O6. The number of benzene rings is 6. The Bertz CT molecular complexity index is 2140. The Morgan fingerprint density at radius 2 is 0.745 bits per heavy atom. The van der Waals surface area contributed by atoms with Crippen LogP contribution in [0.1, 0.15) is 44.5 Å². The van der Waals surface area contributed by atoms with Crippen LogP contribution in [0.3, 0.4) is 0 Å². The first-order valence-electron chi connectivity index (χ1n) is 17.3. The van der Waals surface area contributed by atoms with E-state index in [1.165, 1.54) is 9.80 Å². The van der Waals surface area contributed by atoms with Gasteiger partial charge in [-0.1, -0.05) is 146 Å². The van der Waals surface area contributed by atoms with Gasteiger partial charge in [-0.15, -0.1) is 0 Å². The quantitative estimate of drug-likeness (QED) is 0.152. The maximum Gasteiger partial charge on any atom is 1.00 e. The molecule has 8 nitrogen and oxygen atoms in total. The third-order valence-corrected chi connectivity index (χ3v) is 10.5. The molecule has 0 saturated carbocycles. The number of carbonyl (C=O) groups excluding carboxylic acids is 4. The average Bonchev–Trinajstić information content (AvgIpc) is 3.56. The molecule has 6 aromatic carbocycles. The van der Waals surface area contributed by atoms with Crippen LogP contribution in [0.4, 0.5) is 11.4 Å². The van der Waals surface area contributed by atoms with Crippen LogP contribution in [0.2, 0.25) is 0 Å². The predicted molar refractivity (Wildman–Crippen MR) is 196 cm³/mol. The van der Waals surface area contributed by atoms with Crippen LogP contribution in [0.5, 0.6) is 0 Å². The Balaban J connectivity index is 0.00000257. The molecule has 6 aromatic rings. The van der Waals surface area contributed by atoms with E-state index in [9.17, 15) is 29.4 Å². The zero-order valence-electron chi connectivity index (χ0n) is 30.5. The number of anilines is 2. The van der Waals surface area contributed by atoms with Crippen LogP contribution in [0.15, 0.2) is 158 Å². The molecule has 0 N–H and O–H groups in total. The molecule has 0 bridgehead atoms. The van der Waals surface area contributed by atoms with Gasteiger partial charge in [-0.25, -0.2) is 0 Å². The van der Waals surface area contributed by atoms with Gasteiger partial charge in [-0.3, -0.25) is 9.59 Å². The van der Waals surface area contributed by atoms with Crippen molar-refractivity contribution in [1.29, 1.82) is 0 Å². The van der Waals surface area contributed by atoms with Gasteiger partial charge in [0.25, 0.3) is 0 Å². The molecule has 0 aliphatic carbocycles. The standard InChI is InChI=1S/C45H34N2O6.2Na/c48-40(49)28-46-38-23-21-30(26-36(38)44(42(46)52,32-13-5-1-6-14-32)33-15-7-2-8-16-33)25-31-22-24-39-37(27-31)45(34-17-9-3-10-18-34,35-19-11-4-12-20-35)43(53)47(39)29-41(50)51;;/h1-24,26-27H,25,28-29H2,(H,48,49)(H,50,51);;/q;2*+1/p-2. The largest absolute Gasteiger partial charge is 1.00 e. The average molecular weight is 743 g/mol. The van der Waals surface area contributed by atoms with Crippen LogP contribution in [0, 0.1) is 0 Å². The first-order valence-corrected chi connectivity index (χ1v) is 17.3. The zero-order valence-corrected chi connectivity index (χ0v) is 34.5. The van der Waals surface area contributed by atoms with E-state index in [0.717, 1.165) is 11.1 Å². The van der Waals surface area contributed by atoms with Crippen molar-refractivity contribution < 1.29 is 88.5 Å². The molecule has 10 heteroatoms. The van der Waals surface area contributed by atoms with Crippen molar-refractivity contribution in [2.45, 2.75) is 17.3 Å². The third kappa shape index (κ3) is 6.57. The normalized spacial score (nSPS) is 14.7. The third-order valence-electron chi connectivity index (χ3n) is 10.5. The number of carbonyl (C=O) groups is 4. The molecule has 0 atom stereocenters. The summed E-state index contributed by atoms with van der Waals surface area (Å²) < 4.78 is 0. The monoisotopic (exact) mass is 742 g/mol. The molecule has 0 unspecified atom stereocenters. The molecular weight excluding hydrogens is 710 g/mol. The Morgan fingerprint density at radius 3 is 1.02 bits per heavy atom. The number of nitrogens with zero attached hydrogens (tertiary/aromatic N) is 2. The minimum absolute atomic E-state index is 0. The predicted octanol–water partition coefficient (Wildman–Crippen LogP) is -1.85. The van der Waals surface area contributed by atoms with E-state index in [4.69, 9.17) is 0 Å². The Hall–Kier alpha value is -4.80. The first kappa shape index (κ1) is 39.9. The summed E-state index contributed by atoms with van der Waals surface area (Å²) >= 11 is 0. The number of aliphatic carboxylic acids is 2. The molecule has 8 rings (SSSR count). The van der Waals surface area contributed by atoms with E-state index in [1.54, 1.807) is 12.1 Å². The van der Waals surface area contributed by atoms with E-state index in [1.807, 2.05) is 146 Å². The van der Waals surface area contributed by atoms with Gasteiger partial charge in [0, 0.05) is 22.5 Å².